The van der Waals surface area contributed by atoms with E-state index in [1.165, 1.54) is 19.3 Å². The fraction of sp³-hybridized carbons (Fsp3) is 0.615. The van der Waals surface area contributed by atoms with Gasteiger partial charge in [-0.1, -0.05) is 13.3 Å². The van der Waals surface area contributed by atoms with Gasteiger partial charge in [0.2, 0.25) is 5.88 Å². The van der Waals surface area contributed by atoms with Crippen LogP contribution in [0.4, 0.5) is 11.5 Å². The third kappa shape index (κ3) is 2.62. The summed E-state index contributed by atoms with van der Waals surface area (Å²) in [5.74, 6) is 2.27. The van der Waals surface area contributed by atoms with Crippen molar-refractivity contribution in [1.29, 1.82) is 0 Å². The summed E-state index contributed by atoms with van der Waals surface area (Å²) in [4.78, 5) is 6.75. The van der Waals surface area contributed by atoms with E-state index in [0.29, 0.717) is 5.88 Å². The van der Waals surface area contributed by atoms with Crippen LogP contribution in [0.15, 0.2) is 12.1 Å². The number of rotatable bonds is 3. The van der Waals surface area contributed by atoms with Gasteiger partial charge < -0.3 is 15.4 Å². The van der Waals surface area contributed by atoms with Gasteiger partial charge in [0.25, 0.3) is 0 Å². The fourth-order valence-electron chi connectivity index (χ4n) is 2.40. The van der Waals surface area contributed by atoms with Gasteiger partial charge >= 0.3 is 0 Å². The summed E-state index contributed by atoms with van der Waals surface area (Å²) >= 11 is 0. The zero-order valence-corrected chi connectivity index (χ0v) is 10.6. The number of hydrogen-bond acceptors (Lipinski definition) is 4. The van der Waals surface area contributed by atoms with Crippen molar-refractivity contribution in [1.82, 2.24) is 4.98 Å². The number of nitrogens with zero attached hydrogens (tertiary/aromatic N) is 2. The van der Waals surface area contributed by atoms with E-state index in [-0.39, 0.29) is 0 Å². The predicted octanol–water partition coefficient (Wildman–Crippen LogP) is 2.30. The topological polar surface area (TPSA) is 51.4 Å². The van der Waals surface area contributed by atoms with Crippen molar-refractivity contribution in [2.45, 2.75) is 26.2 Å². The Bertz CT molecular complexity index is 381. The number of aromatic nitrogens is 1. The van der Waals surface area contributed by atoms with Crippen LogP contribution in [0.1, 0.15) is 26.2 Å². The van der Waals surface area contributed by atoms with Crippen molar-refractivity contribution < 1.29 is 4.74 Å². The highest BCUT2D eigenvalue weighted by Crippen LogP contribution is 2.29. The van der Waals surface area contributed by atoms with Crippen LogP contribution < -0.4 is 15.4 Å². The highest BCUT2D eigenvalue weighted by atomic mass is 16.5. The molecule has 2 N–H and O–H groups in total. The molecule has 0 spiro atoms. The van der Waals surface area contributed by atoms with Crippen molar-refractivity contribution in [3.05, 3.63) is 12.1 Å². The molecule has 0 radical (unpaired) electrons. The average Bonchev–Trinajstić information content (AvgIpc) is 2.39. The number of hydrogen-bond donors (Lipinski definition) is 1. The van der Waals surface area contributed by atoms with Gasteiger partial charge in [0.05, 0.1) is 12.8 Å². The number of nitrogen functional groups attached to an aromatic ring is 1. The summed E-state index contributed by atoms with van der Waals surface area (Å²) in [7, 11) is 1.63. The van der Waals surface area contributed by atoms with E-state index in [2.05, 4.69) is 16.8 Å². The van der Waals surface area contributed by atoms with Crippen LogP contribution in [-0.4, -0.2) is 25.2 Å². The van der Waals surface area contributed by atoms with Gasteiger partial charge in [0.15, 0.2) is 5.82 Å². The minimum Gasteiger partial charge on any atom is -0.481 e. The second kappa shape index (κ2) is 5.25. The molecule has 4 heteroatoms. The fourth-order valence-corrected chi connectivity index (χ4v) is 2.40. The molecular weight excluding hydrogens is 214 g/mol. The molecule has 1 fully saturated rings. The molecule has 1 saturated heterocycles. The summed E-state index contributed by atoms with van der Waals surface area (Å²) in [6, 6.07) is 3.68. The van der Waals surface area contributed by atoms with Gasteiger partial charge in [0, 0.05) is 19.2 Å². The molecule has 0 aliphatic carbocycles. The van der Waals surface area contributed by atoms with Crippen molar-refractivity contribution in [2.75, 3.05) is 30.8 Å². The maximum absolute atomic E-state index is 6.00. The molecule has 94 valence electrons. The summed E-state index contributed by atoms with van der Waals surface area (Å²) in [6.45, 7) is 4.35. The number of ether oxygens (including phenoxy) is 1. The second-order valence-corrected chi connectivity index (χ2v) is 4.63. The molecule has 1 aliphatic heterocycles. The molecular formula is C13H21N3O. The van der Waals surface area contributed by atoms with E-state index in [1.807, 2.05) is 6.07 Å². The summed E-state index contributed by atoms with van der Waals surface area (Å²) in [6.07, 6.45) is 3.76. The highest BCUT2D eigenvalue weighted by Gasteiger charge is 2.21. The third-order valence-electron chi connectivity index (χ3n) is 3.48. The lowest BCUT2D eigenvalue weighted by Crippen LogP contribution is -2.36. The molecule has 17 heavy (non-hydrogen) atoms. The van der Waals surface area contributed by atoms with Gasteiger partial charge in [-0.15, -0.1) is 0 Å². The SMILES string of the molecule is CCC1CCCN(c2nc(OC)ccc2N)C1. The Morgan fingerprint density at radius 3 is 3.06 bits per heavy atom. The summed E-state index contributed by atoms with van der Waals surface area (Å²) in [5, 5.41) is 0. The maximum Gasteiger partial charge on any atom is 0.215 e. The summed E-state index contributed by atoms with van der Waals surface area (Å²) in [5.41, 5.74) is 6.74. The number of pyridine rings is 1. The van der Waals surface area contributed by atoms with Crippen molar-refractivity contribution >= 4 is 11.5 Å². The normalized spacial score (nSPS) is 20.4. The van der Waals surface area contributed by atoms with Crippen molar-refractivity contribution in [2.24, 2.45) is 5.92 Å². The van der Waals surface area contributed by atoms with Crippen LogP contribution in [0.3, 0.4) is 0 Å². The van der Waals surface area contributed by atoms with Gasteiger partial charge in [0.1, 0.15) is 0 Å². The first-order valence-electron chi connectivity index (χ1n) is 6.30. The Morgan fingerprint density at radius 1 is 1.53 bits per heavy atom. The van der Waals surface area contributed by atoms with Gasteiger partial charge in [-0.25, -0.2) is 0 Å². The molecule has 4 nitrogen and oxygen atoms in total. The lowest BCUT2D eigenvalue weighted by atomic mass is 9.95. The zero-order valence-electron chi connectivity index (χ0n) is 10.6. The zero-order chi connectivity index (χ0) is 12.3. The van der Waals surface area contributed by atoms with E-state index in [1.54, 1.807) is 13.2 Å². The van der Waals surface area contributed by atoms with Gasteiger partial charge in [-0.05, 0) is 24.8 Å². The molecule has 0 amide bonds. The highest BCUT2D eigenvalue weighted by molar-refractivity contribution is 5.63. The standard InChI is InChI=1S/C13H21N3O/c1-3-10-5-4-8-16(9-10)13-11(14)6-7-12(15-13)17-2/h6-7,10H,3-5,8-9,14H2,1-2H3. The molecule has 0 aromatic carbocycles. The molecule has 0 bridgehead atoms. The van der Waals surface area contributed by atoms with Crippen LogP contribution >= 0.6 is 0 Å². The van der Waals surface area contributed by atoms with E-state index in [0.717, 1.165) is 30.5 Å². The Morgan fingerprint density at radius 2 is 2.35 bits per heavy atom. The number of anilines is 2. The minimum absolute atomic E-state index is 0.632. The molecule has 1 aromatic rings. The van der Waals surface area contributed by atoms with Crippen LogP contribution in [0.5, 0.6) is 5.88 Å². The van der Waals surface area contributed by atoms with Gasteiger partial charge in [-0.3, -0.25) is 0 Å². The lowest BCUT2D eigenvalue weighted by Gasteiger charge is -2.33. The smallest absolute Gasteiger partial charge is 0.215 e. The number of piperidine rings is 1. The molecule has 1 aliphatic rings. The van der Waals surface area contributed by atoms with E-state index >= 15 is 0 Å². The Labute approximate surface area is 103 Å². The molecule has 2 heterocycles. The van der Waals surface area contributed by atoms with Crippen LogP contribution in [0.25, 0.3) is 0 Å². The minimum atomic E-state index is 0.632. The van der Waals surface area contributed by atoms with Crippen molar-refractivity contribution in [3.63, 3.8) is 0 Å². The largest absolute Gasteiger partial charge is 0.481 e. The van der Waals surface area contributed by atoms with Crippen molar-refractivity contribution in [3.8, 4) is 5.88 Å². The molecule has 1 atom stereocenters. The molecule has 0 saturated carbocycles. The lowest BCUT2D eigenvalue weighted by molar-refractivity contribution is 0.389. The van der Waals surface area contributed by atoms with E-state index < -0.39 is 0 Å². The summed E-state index contributed by atoms with van der Waals surface area (Å²) < 4.78 is 5.16. The second-order valence-electron chi connectivity index (χ2n) is 4.63. The number of methoxy groups -OCH3 is 1. The number of nitrogens with two attached hydrogens (primary N) is 1. The average molecular weight is 235 g/mol. The first-order chi connectivity index (χ1) is 8.24. The van der Waals surface area contributed by atoms with Crippen LogP contribution in [0.2, 0.25) is 0 Å². The van der Waals surface area contributed by atoms with E-state index in [9.17, 15) is 0 Å². The van der Waals surface area contributed by atoms with Gasteiger partial charge in [-0.2, -0.15) is 4.98 Å². The Balaban J connectivity index is 2.20. The first kappa shape index (κ1) is 12.0. The van der Waals surface area contributed by atoms with Crippen LogP contribution in [0, 0.1) is 5.92 Å². The first-order valence-corrected chi connectivity index (χ1v) is 6.30. The Hall–Kier alpha value is -1.45. The maximum atomic E-state index is 6.00. The quantitative estimate of drug-likeness (QED) is 0.873. The monoisotopic (exact) mass is 235 g/mol. The predicted molar refractivity (Wildman–Crippen MR) is 70.4 cm³/mol. The molecule has 2 rings (SSSR count). The molecule has 1 unspecified atom stereocenters. The third-order valence-corrected chi connectivity index (χ3v) is 3.48. The molecule has 1 aromatic heterocycles. The van der Waals surface area contributed by atoms with Crippen LogP contribution in [-0.2, 0) is 0 Å². The Kier molecular flexibility index (Phi) is 3.71. The van der Waals surface area contributed by atoms with E-state index in [4.69, 9.17) is 10.5 Å².